The predicted molar refractivity (Wildman–Crippen MR) is 70.8 cm³/mol. The molecule has 0 saturated carbocycles. The standard InChI is InChI=1S/C12H19BrN2O/c1-12(2,15-3)11(14)9-7-8(13)5-6-10(9)16-4/h5-7,11,15H,14H2,1-4H3. The highest BCUT2D eigenvalue weighted by atomic mass is 79.9. The third-order valence-corrected chi connectivity index (χ3v) is 3.44. The van der Waals surface area contributed by atoms with Gasteiger partial charge in [0.25, 0.3) is 0 Å². The van der Waals surface area contributed by atoms with E-state index in [1.165, 1.54) is 0 Å². The predicted octanol–water partition coefficient (Wildman–Crippen LogP) is 2.46. The van der Waals surface area contributed by atoms with Crippen LogP contribution < -0.4 is 15.8 Å². The quantitative estimate of drug-likeness (QED) is 0.894. The molecule has 0 radical (unpaired) electrons. The molecule has 0 bridgehead atoms. The van der Waals surface area contributed by atoms with Gasteiger partial charge in [-0.25, -0.2) is 0 Å². The molecule has 0 saturated heterocycles. The molecule has 1 rings (SSSR count). The first-order valence-corrected chi connectivity index (χ1v) is 5.99. The first kappa shape index (κ1) is 13.5. The highest BCUT2D eigenvalue weighted by molar-refractivity contribution is 9.10. The van der Waals surface area contributed by atoms with E-state index in [0.717, 1.165) is 15.8 Å². The van der Waals surface area contributed by atoms with Crippen LogP contribution in [0.4, 0.5) is 0 Å². The van der Waals surface area contributed by atoms with E-state index in [2.05, 4.69) is 35.1 Å². The van der Waals surface area contributed by atoms with Gasteiger partial charge in [-0.05, 0) is 39.1 Å². The summed E-state index contributed by atoms with van der Waals surface area (Å²) in [6.07, 6.45) is 0. The van der Waals surface area contributed by atoms with Gasteiger partial charge in [0.15, 0.2) is 0 Å². The first-order chi connectivity index (χ1) is 7.42. The monoisotopic (exact) mass is 286 g/mol. The number of hydrogen-bond acceptors (Lipinski definition) is 3. The van der Waals surface area contributed by atoms with Crippen molar-refractivity contribution in [3.63, 3.8) is 0 Å². The number of halogens is 1. The van der Waals surface area contributed by atoms with Gasteiger partial charge in [-0.1, -0.05) is 15.9 Å². The molecule has 0 aromatic heterocycles. The molecule has 1 aromatic rings. The van der Waals surface area contributed by atoms with E-state index in [1.54, 1.807) is 7.11 Å². The number of rotatable bonds is 4. The van der Waals surface area contributed by atoms with Crippen LogP contribution >= 0.6 is 15.9 Å². The number of methoxy groups -OCH3 is 1. The molecule has 3 N–H and O–H groups in total. The number of nitrogens with two attached hydrogens (primary N) is 1. The fourth-order valence-electron chi connectivity index (χ4n) is 1.49. The summed E-state index contributed by atoms with van der Waals surface area (Å²) in [5.74, 6) is 0.819. The largest absolute Gasteiger partial charge is 0.496 e. The Morgan fingerprint density at radius 2 is 2.06 bits per heavy atom. The van der Waals surface area contributed by atoms with Crippen molar-refractivity contribution in [2.24, 2.45) is 5.73 Å². The lowest BCUT2D eigenvalue weighted by Gasteiger charge is -2.32. The van der Waals surface area contributed by atoms with Crippen molar-refractivity contribution in [3.05, 3.63) is 28.2 Å². The normalized spacial score (nSPS) is 13.6. The Kier molecular flexibility index (Phi) is 4.35. The Morgan fingerprint density at radius 3 is 2.56 bits per heavy atom. The minimum absolute atomic E-state index is 0.134. The van der Waals surface area contributed by atoms with E-state index < -0.39 is 0 Å². The molecule has 0 fully saturated rings. The Hall–Kier alpha value is -0.580. The van der Waals surface area contributed by atoms with E-state index in [9.17, 15) is 0 Å². The molecule has 90 valence electrons. The van der Waals surface area contributed by atoms with E-state index >= 15 is 0 Å². The van der Waals surface area contributed by atoms with Gasteiger partial charge < -0.3 is 15.8 Å². The van der Waals surface area contributed by atoms with Crippen LogP contribution in [-0.2, 0) is 0 Å². The lowest BCUT2D eigenvalue weighted by atomic mass is 9.89. The molecule has 4 heteroatoms. The maximum atomic E-state index is 6.27. The summed E-state index contributed by atoms with van der Waals surface area (Å²) >= 11 is 3.45. The number of nitrogens with one attached hydrogen (secondary N) is 1. The lowest BCUT2D eigenvalue weighted by molar-refractivity contribution is 0.333. The number of likely N-dealkylation sites (N-methyl/N-ethyl adjacent to an activating group) is 1. The second-order valence-corrected chi connectivity index (χ2v) is 5.25. The van der Waals surface area contributed by atoms with Gasteiger partial charge >= 0.3 is 0 Å². The summed E-state index contributed by atoms with van der Waals surface area (Å²) < 4.78 is 6.34. The van der Waals surface area contributed by atoms with Crippen molar-refractivity contribution >= 4 is 15.9 Å². The third-order valence-electron chi connectivity index (χ3n) is 2.95. The molecule has 16 heavy (non-hydrogen) atoms. The number of hydrogen-bond donors (Lipinski definition) is 2. The summed E-state index contributed by atoms with van der Waals surface area (Å²) in [5, 5.41) is 3.21. The topological polar surface area (TPSA) is 47.3 Å². The van der Waals surface area contributed by atoms with Crippen LogP contribution in [0.5, 0.6) is 5.75 Å². The van der Waals surface area contributed by atoms with Gasteiger partial charge in [0.2, 0.25) is 0 Å². The molecule has 0 amide bonds. The maximum Gasteiger partial charge on any atom is 0.123 e. The second kappa shape index (κ2) is 5.17. The van der Waals surface area contributed by atoms with E-state index in [1.807, 2.05) is 25.2 Å². The fraction of sp³-hybridized carbons (Fsp3) is 0.500. The summed E-state index contributed by atoms with van der Waals surface area (Å²) in [7, 11) is 3.57. The highest BCUT2D eigenvalue weighted by Gasteiger charge is 2.28. The molecule has 0 aliphatic carbocycles. The molecule has 1 unspecified atom stereocenters. The molecule has 1 atom stereocenters. The third kappa shape index (κ3) is 2.75. The zero-order valence-corrected chi connectivity index (χ0v) is 11.8. The van der Waals surface area contributed by atoms with Crippen molar-refractivity contribution in [3.8, 4) is 5.75 Å². The van der Waals surface area contributed by atoms with Crippen LogP contribution in [0.3, 0.4) is 0 Å². The van der Waals surface area contributed by atoms with Gasteiger partial charge in [0.05, 0.1) is 13.2 Å². The second-order valence-electron chi connectivity index (χ2n) is 4.34. The van der Waals surface area contributed by atoms with Crippen molar-refractivity contribution in [2.75, 3.05) is 14.2 Å². The fourth-order valence-corrected chi connectivity index (χ4v) is 1.87. The van der Waals surface area contributed by atoms with Gasteiger partial charge in [0, 0.05) is 15.6 Å². The Bertz CT molecular complexity index is 366. The molecule has 3 nitrogen and oxygen atoms in total. The van der Waals surface area contributed by atoms with Crippen LogP contribution in [0.1, 0.15) is 25.5 Å². The molecule has 1 aromatic carbocycles. The highest BCUT2D eigenvalue weighted by Crippen LogP contribution is 2.32. The molecular formula is C12H19BrN2O. The van der Waals surface area contributed by atoms with E-state index in [4.69, 9.17) is 10.5 Å². The number of ether oxygens (including phenoxy) is 1. The van der Waals surface area contributed by atoms with Crippen molar-refractivity contribution in [1.82, 2.24) is 5.32 Å². The molecule has 0 aliphatic heterocycles. The van der Waals surface area contributed by atoms with Crippen LogP contribution in [0, 0.1) is 0 Å². The van der Waals surface area contributed by atoms with Crippen LogP contribution in [0.25, 0.3) is 0 Å². The van der Waals surface area contributed by atoms with Crippen molar-refractivity contribution in [1.29, 1.82) is 0 Å². The lowest BCUT2D eigenvalue weighted by Crippen LogP contribution is -2.46. The summed E-state index contributed by atoms with van der Waals surface area (Å²) in [4.78, 5) is 0. The average Bonchev–Trinajstić information content (AvgIpc) is 2.28. The number of benzene rings is 1. The van der Waals surface area contributed by atoms with Crippen LogP contribution in [0.2, 0.25) is 0 Å². The zero-order chi connectivity index (χ0) is 12.3. The Morgan fingerprint density at radius 1 is 1.44 bits per heavy atom. The van der Waals surface area contributed by atoms with Gasteiger partial charge in [0.1, 0.15) is 5.75 Å². The van der Waals surface area contributed by atoms with E-state index in [0.29, 0.717) is 0 Å². The van der Waals surface area contributed by atoms with Crippen LogP contribution in [-0.4, -0.2) is 19.7 Å². The van der Waals surface area contributed by atoms with Gasteiger partial charge in [-0.3, -0.25) is 0 Å². The Balaban J connectivity index is 3.16. The molecule has 0 heterocycles. The smallest absolute Gasteiger partial charge is 0.123 e. The summed E-state index contributed by atoms with van der Waals surface area (Å²) in [5.41, 5.74) is 7.08. The SMILES string of the molecule is CNC(C)(C)C(N)c1cc(Br)ccc1OC. The average molecular weight is 287 g/mol. The first-order valence-electron chi connectivity index (χ1n) is 5.20. The molecule has 0 aliphatic rings. The van der Waals surface area contributed by atoms with Gasteiger partial charge in [-0.2, -0.15) is 0 Å². The van der Waals surface area contributed by atoms with Crippen LogP contribution in [0.15, 0.2) is 22.7 Å². The minimum atomic E-state index is -0.186. The summed E-state index contributed by atoms with van der Waals surface area (Å²) in [6, 6.07) is 5.74. The van der Waals surface area contributed by atoms with E-state index in [-0.39, 0.29) is 11.6 Å². The molecular weight excluding hydrogens is 268 g/mol. The van der Waals surface area contributed by atoms with Crippen molar-refractivity contribution < 1.29 is 4.74 Å². The summed E-state index contributed by atoms with van der Waals surface area (Å²) in [6.45, 7) is 4.13. The molecule has 0 spiro atoms. The maximum absolute atomic E-state index is 6.27. The Labute approximate surface area is 105 Å². The van der Waals surface area contributed by atoms with Gasteiger partial charge in [-0.15, -0.1) is 0 Å². The zero-order valence-electron chi connectivity index (χ0n) is 10.2. The minimum Gasteiger partial charge on any atom is -0.496 e. The van der Waals surface area contributed by atoms with Crippen molar-refractivity contribution in [2.45, 2.75) is 25.4 Å².